The molecule has 0 atom stereocenters. The van der Waals surface area contributed by atoms with E-state index in [4.69, 9.17) is 0 Å². The normalized spacial score (nSPS) is 12.2. The van der Waals surface area contributed by atoms with E-state index in [0.717, 1.165) is 5.69 Å². The van der Waals surface area contributed by atoms with Gasteiger partial charge in [-0.3, -0.25) is 0 Å². The monoisotopic (exact) mass is 640 g/mol. The molecule has 0 spiro atoms. The quantitative estimate of drug-likeness (QED) is 0.160. The van der Waals surface area contributed by atoms with E-state index in [-0.39, 0.29) is 0 Å². The average Bonchev–Trinajstić information content (AvgIpc) is 3.70. The molecule has 2 aromatic heterocycles. The zero-order valence-corrected chi connectivity index (χ0v) is 28.2. The summed E-state index contributed by atoms with van der Waals surface area (Å²) in [5.74, 6) is 0. The van der Waals surface area contributed by atoms with Gasteiger partial charge in [0.25, 0.3) is 0 Å². The highest BCUT2D eigenvalue weighted by Crippen LogP contribution is 2.40. The summed E-state index contributed by atoms with van der Waals surface area (Å²) in [5.41, 5.74) is 14.4. The second-order valence-corrected chi connectivity index (χ2v) is 12.8. The number of allylic oxidation sites excluding steroid dienone is 4. The standard InChI is InChI=1S/C48H36N2/c1-3-15-33(4-2)34-16-11-17-35(30-34)36-18-12-19-37(31-36)38-20-13-21-39(32-38)49-45-27-10-7-24-42(45)48-46(49)28-14-29-47(48)50-43-25-8-5-22-40(43)41-23-6-9-26-44(41)50/h3-32H,1-2H3/b15-3-,33-4+. The summed E-state index contributed by atoms with van der Waals surface area (Å²) >= 11 is 0. The van der Waals surface area contributed by atoms with Gasteiger partial charge in [-0.25, -0.2) is 0 Å². The molecule has 0 unspecified atom stereocenters. The van der Waals surface area contributed by atoms with Crippen molar-refractivity contribution >= 4 is 49.2 Å². The number of rotatable bonds is 6. The summed E-state index contributed by atoms with van der Waals surface area (Å²) in [4.78, 5) is 0. The highest BCUT2D eigenvalue weighted by Gasteiger charge is 2.19. The summed E-state index contributed by atoms with van der Waals surface area (Å²) in [6.45, 7) is 4.16. The summed E-state index contributed by atoms with van der Waals surface area (Å²) in [7, 11) is 0. The van der Waals surface area contributed by atoms with Crippen molar-refractivity contribution in [3.8, 4) is 33.6 Å². The predicted molar refractivity (Wildman–Crippen MR) is 214 cm³/mol. The van der Waals surface area contributed by atoms with E-state index in [0.29, 0.717) is 0 Å². The van der Waals surface area contributed by atoms with E-state index in [1.165, 1.54) is 82.7 Å². The lowest BCUT2D eigenvalue weighted by Crippen LogP contribution is -1.97. The Morgan fingerprint density at radius 2 is 0.960 bits per heavy atom. The van der Waals surface area contributed by atoms with Gasteiger partial charge in [-0.1, -0.05) is 127 Å². The maximum absolute atomic E-state index is 2.44. The number of aromatic nitrogens is 2. The van der Waals surface area contributed by atoms with Gasteiger partial charge in [-0.15, -0.1) is 0 Å². The van der Waals surface area contributed by atoms with Crippen molar-refractivity contribution in [2.45, 2.75) is 13.8 Å². The summed E-state index contributed by atoms with van der Waals surface area (Å²) < 4.78 is 4.87. The van der Waals surface area contributed by atoms with Crippen LogP contribution in [0.15, 0.2) is 182 Å². The van der Waals surface area contributed by atoms with Crippen molar-refractivity contribution in [2.75, 3.05) is 0 Å². The molecule has 0 saturated carbocycles. The Hall–Kier alpha value is -6.38. The van der Waals surface area contributed by atoms with Crippen LogP contribution in [0.3, 0.4) is 0 Å². The Labute approximate surface area is 292 Å². The van der Waals surface area contributed by atoms with E-state index in [2.05, 4.69) is 205 Å². The van der Waals surface area contributed by atoms with Crippen LogP contribution in [0.1, 0.15) is 19.4 Å². The van der Waals surface area contributed by atoms with Crippen molar-refractivity contribution in [3.05, 3.63) is 188 Å². The Morgan fingerprint density at radius 1 is 0.440 bits per heavy atom. The maximum Gasteiger partial charge on any atom is 0.0562 e. The lowest BCUT2D eigenvalue weighted by Gasteiger charge is -2.13. The molecule has 0 N–H and O–H groups in total. The fourth-order valence-corrected chi connectivity index (χ4v) is 7.77. The van der Waals surface area contributed by atoms with E-state index in [1.54, 1.807) is 0 Å². The molecular formula is C48H36N2. The van der Waals surface area contributed by atoms with Gasteiger partial charge in [0.1, 0.15) is 0 Å². The molecule has 0 amide bonds. The highest BCUT2D eigenvalue weighted by molar-refractivity contribution is 6.16. The average molecular weight is 641 g/mol. The number of para-hydroxylation sites is 3. The van der Waals surface area contributed by atoms with Crippen LogP contribution in [-0.4, -0.2) is 9.13 Å². The van der Waals surface area contributed by atoms with Gasteiger partial charge in [-0.2, -0.15) is 0 Å². The van der Waals surface area contributed by atoms with Gasteiger partial charge in [0.05, 0.1) is 27.8 Å². The van der Waals surface area contributed by atoms with Gasteiger partial charge in [0.2, 0.25) is 0 Å². The number of fused-ring (bicyclic) bond motifs is 6. The van der Waals surface area contributed by atoms with Crippen LogP contribution in [0.4, 0.5) is 0 Å². The third-order valence-electron chi connectivity index (χ3n) is 9.98. The third kappa shape index (κ3) is 4.80. The first-order valence-electron chi connectivity index (χ1n) is 17.3. The molecule has 0 fully saturated rings. The zero-order valence-electron chi connectivity index (χ0n) is 28.2. The maximum atomic E-state index is 2.44. The fraction of sp³-hybridized carbons (Fsp3) is 0.0417. The second kappa shape index (κ2) is 12.3. The Morgan fingerprint density at radius 3 is 1.62 bits per heavy atom. The summed E-state index contributed by atoms with van der Waals surface area (Å²) in [6, 6.07) is 59.8. The van der Waals surface area contributed by atoms with Gasteiger partial charge in [0, 0.05) is 27.2 Å². The molecular weight excluding hydrogens is 605 g/mol. The minimum Gasteiger partial charge on any atom is -0.309 e. The molecule has 238 valence electrons. The van der Waals surface area contributed by atoms with Gasteiger partial charge >= 0.3 is 0 Å². The Bertz CT molecular complexity index is 2730. The van der Waals surface area contributed by atoms with Crippen LogP contribution in [-0.2, 0) is 0 Å². The second-order valence-electron chi connectivity index (χ2n) is 12.8. The molecule has 2 nitrogen and oxygen atoms in total. The van der Waals surface area contributed by atoms with Crippen molar-refractivity contribution in [2.24, 2.45) is 0 Å². The van der Waals surface area contributed by atoms with Gasteiger partial charge in [0.15, 0.2) is 0 Å². The van der Waals surface area contributed by atoms with Crippen LogP contribution in [0.5, 0.6) is 0 Å². The topological polar surface area (TPSA) is 9.86 Å². The molecule has 9 aromatic rings. The molecule has 0 aliphatic heterocycles. The van der Waals surface area contributed by atoms with Crippen LogP contribution in [0, 0.1) is 0 Å². The van der Waals surface area contributed by atoms with E-state index in [1.807, 2.05) is 0 Å². The van der Waals surface area contributed by atoms with Crippen molar-refractivity contribution in [3.63, 3.8) is 0 Å². The highest BCUT2D eigenvalue weighted by atomic mass is 15.0. The Kier molecular flexibility index (Phi) is 7.29. The minimum absolute atomic E-state index is 1.14. The smallest absolute Gasteiger partial charge is 0.0562 e. The number of nitrogens with zero attached hydrogens (tertiary/aromatic N) is 2. The molecule has 9 rings (SSSR count). The minimum atomic E-state index is 1.14. The predicted octanol–water partition coefficient (Wildman–Crippen LogP) is 13.2. The van der Waals surface area contributed by atoms with Crippen LogP contribution in [0.25, 0.3) is 82.8 Å². The van der Waals surface area contributed by atoms with Gasteiger partial charge in [-0.05, 0) is 102 Å². The van der Waals surface area contributed by atoms with Crippen LogP contribution in [0.2, 0.25) is 0 Å². The molecule has 0 bridgehead atoms. The van der Waals surface area contributed by atoms with Crippen molar-refractivity contribution < 1.29 is 0 Å². The fourth-order valence-electron chi connectivity index (χ4n) is 7.77. The largest absolute Gasteiger partial charge is 0.309 e. The molecule has 2 heteroatoms. The van der Waals surface area contributed by atoms with Crippen molar-refractivity contribution in [1.82, 2.24) is 9.13 Å². The first-order valence-corrected chi connectivity index (χ1v) is 17.3. The molecule has 0 saturated heterocycles. The van der Waals surface area contributed by atoms with E-state index < -0.39 is 0 Å². The summed E-state index contributed by atoms with van der Waals surface area (Å²) in [6.07, 6.45) is 6.43. The first kappa shape index (κ1) is 29.7. The molecule has 0 aliphatic carbocycles. The number of hydrogen-bond donors (Lipinski definition) is 0. The van der Waals surface area contributed by atoms with Gasteiger partial charge < -0.3 is 9.13 Å². The number of hydrogen-bond acceptors (Lipinski definition) is 0. The molecule has 7 aromatic carbocycles. The lowest BCUT2D eigenvalue weighted by atomic mass is 9.96. The molecule has 2 heterocycles. The molecule has 0 aliphatic rings. The van der Waals surface area contributed by atoms with E-state index >= 15 is 0 Å². The SMILES string of the molecule is C/C=C\C(=C/C)c1cccc(-c2cccc(-c3cccc(-n4c5ccccc5c5c(-n6c7ccccc7c7ccccc76)cccc54)c3)c2)c1. The molecule has 50 heavy (non-hydrogen) atoms. The number of benzene rings is 7. The first-order chi connectivity index (χ1) is 24.7. The van der Waals surface area contributed by atoms with E-state index in [9.17, 15) is 0 Å². The molecule has 0 radical (unpaired) electrons. The summed E-state index contributed by atoms with van der Waals surface area (Å²) in [5, 5.41) is 5.03. The van der Waals surface area contributed by atoms with Crippen molar-refractivity contribution in [1.29, 1.82) is 0 Å². The lowest BCUT2D eigenvalue weighted by molar-refractivity contribution is 1.17. The zero-order chi connectivity index (χ0) is 33.6. The third-order valence-corrected chi connectivity index (χ3v) is 9.98. The van der Waals surface area contributed by atoms with Crippen LogP contribution < -0.4 is 0 Å². The Balaban J connectivity index is 1.21. The van der Waals surface area contributed by atoms with Crippen LogP contribution >= 0.6 is 0 Å².